The van der Waals surface area contributed by atoms with Crippen LogP contribution in [0.4, 0.5) is 32.9 Å². The van der Waals surface area contributed by atoms with E-state index in [0.717, 1.165) is 99.5 Å². The minimum atomic E-state index is -1.01. The summed E-state index contributed by atoms with van der Waals surface area (Å²) in [5.41, 5.74) is 13.5. The molecule has 0 unspecified atom stereocenters. The van der Waals surface area contributed by atoms with Gasteiger partial charge < -0.3 is 56.5 Å². The number of nitrogens with two attached hydrogens (primary N) is 1. The zero-order valence-corrected chi connectivity index (χ0v) is 100.0. The summed E-state index contributed by atoms with van der Waals surface area (Å²) < 4.78 is 16.3. The average Bonchev–Trinajstić information content (AvgIpc) is 1.59. The number of hydrogen-bond acceptors (Lipinski definition) is 31. The van der Waals surface area contributed by atoms with Gasteiger partial charge in [0.2, 0.25) is 23.6 Å². The van der Waals surface area contributed by atoms with E-state index < -0.39 is 53.5 Å². The molecule has 12 heterocycles. The van der Waals surface area contributed by atoms with Crippen molar-refractivity contribution >= 4 is 312 Å². The minimum absolute atomic E-state index is 0. The number of piperidine rings is 4. The number of halogens is 7. The number of carbonyl (C=O) groups excluding carboxylic acids is 8. The highest BCUT2D eigenvalue weighted by Crippen LogP contribution is 2.53. The molecule has 792 valence electrons. The van der Waals surface area contributed by atoms with Crippen molar-refractivity contribution < 1.29 is 67.6 Å². The van der Waals surface area contributed by atoms with Gasteiger partial charge in [-0.3, -0.25) is 52.7 Å². The number of nitrogens with zero attached hydrogens (tertiary/aromatic N) is 16. The van der Waals surface area contributed by atoms with Gasteiger partial charge in [0.05, 0.1) is 17.1 Å². The maximum atomic E-state index is 13.6. The largest absolute Gasteiger partial charge is 0.480 e. The standard InChI is InChI=1S/C28H26BrN7O3.C16H20BrN3O3.C16H14N4O3.C12H14BrN3O.C11H17NO4.C6H7BrN2.C6H12ClN.2ClH.S4.S3.S2.H2S/c1-14-4-7-23(29)32-27(14)33-28(39)26-20-9-18(20)12-35(26)24(38)13-36-22-6-5-17(19-10-30-16(3)31-11-19)8-21(22)25(34-36)15(2)37;1-16(2,3)23-15(22)20-8-9-7-10(9)13(20)14(21)19-12-6-4-5-11(17)18-12;1-9(21)16-13-5-11(12-6-17-10(2)18-7-12)3-4-14(13)20(19-16)8-15(22)23;1-6-2-3-9(13)15-11(6)16-12(17)10-8-4-7(8)5-14-10;1-11(2,3)16-10(15)12-5-6-4-7(6)8(12)9(13)14;1-4-2-3-5(7)9-6(4)8;1-5(2)6(7)8(3)4;;;1-3-4-2;1-3-2;1-2;/h4-8,10-11,18,20,26H,9,12-13H2,1-3H3,(H,32,33,39);4-6,9-10,13H,7-8H2,1-3H3,(H,18,19,21);3-7H,8H2,1-2H3,(H,22,23);2-3,7-8,10,14H,4-5H2,1H3,(H,15,16,17);6-8H,4-5H2,1-3H3,(H,13,14);2-3H,1H3,(H2,8,9);1-4H3;2*1H;;;;1H2/t18-,20-,26-;9-,10-,13-;;7-,8-,10-;6-,7-,8-;;;;;;;;/m00.00......../s1. The summed E-state index contributed by atoms with van der Waals surface area (Å²) in [5.74, 6) is 3.47. The van der Waals surface area contributed by atoms with Gasteiger partial charge in [-0.1, -0.05) is 48.0 Å². The van der Waals surface area contributed by atoms with Crippen LogP contribution in [-0.2, 0) is 145 Å². The molecule has 147 heavy (non-hydrogen) atoms. The normalized spacial score (nSPS) is 19.2. The van der Waals surface area contributed by atoms with Crippen LogP contribution in [0.1, 0.15) is 144 Å². The molecule has 4 aliphatic heterocycles. The van der Waals surface area contributed by atoms with Gasteiger partial charge in [0.15, 0.2) is 11.6 Å². The Balaban J connectivity index is 0.000000270. The van der Waals surface area contributed by atoms with E-state index in [-0.39, 0.29) is 116 Å². The van der Waals surface area contributed by atoms with Crippen LogP contribution in [0.5, 0.6) is 0 Å². The van der Waals surface area contributed by atoms with Gasteiger partial charge in [0.25, 0.3) is 0 Å². The number of rotatable bonds is 16. The number of nitrogens with one attached hydrogen (secondary N) is 4. The van der Waals surface area contributed by atoms with Gasteiger partial charge in [-0.15, -0.1) is 24.8 Å². The highest BCUT2D eigenvalue weighted by Gasteiger charge is 2.60. The highest BCUT2D eigenvalue weighted by atomic mass is 79.9. The molecular weight excluding hydrogens is 2410 g/mol. The molecule has 18 rings (SSSR count). The number of likely N-dealkylation sites (tertiary alicyclic amines) is 3. The first-order valence-electron chi connectivity index (χ1n) is 44.9. The van der Waals surface area contributed by atoms with Gasteiger partial charge in [0, 0.05) is 188 Å². The van der Waals surface area contributed by atoms with Gasteiger partial charge in [-0.25, -0.2) is 54.3 Å². The van der Waals surface area contributed by atoms with Crippen molar-refractivity contribution in [2.75, 3.05) is 62.0 Å². The number of aromatic nitrogens is 12. The van der Waals surface area contributed by atoms with E-state index in [9.17, 15) is 47.9 Å². The fourth-order valence-corrected chi connectivity index (χ4v) is 17.8. The number of allylic oxidation sites excluding steroid dienone is 1. The van der Waals surface area contributed by atoms with Gasteiger partial charge in [0.1, 0.15) is 112 Å². The molecule has 4 aliphatic carbocycles. The second-order valence-electron chi connectivity index (χ2n) is 37.2. The van der Waals surface area contributed by atoms with Crippen molar-refractivity contribution in [1.29, 1.82) is 0 Å². The number of carbonyl (C=O) groups is 10. The van der Waals surface area contributed by atoms with Crippen LogP contribution in [0.25, 0.3) is 44.1 Å². The molecular formula is C95H114Br4Cl3N21O14S10. The second-order valence-corrected chi connectivity index (χ2v) is 46.1. The lowest BCUT2D eigenvalue weighted by atomic mass is 10.0. The number of pyridine rings is 4. The molecule has 35 nitrogen and oxygen atoms in total. The first-order valence-corrected chi connectivity index (χ1v) is 56.4. The summed E-state index contributed by atoms with van der Waals surface area (Å²) in [6.45, 7) is 29.3. The molecule has 0 bridgehead atoms. The van der Waals surface area contributed by atoms with E-state index in [1.807, 2.05) is 148 Å². The van der Waals surface area contributed by atoms with E-state index in [0.29, 0.717) is 115 Å². The third kappa shape index (κ3) is 36.5. The number of hydrogen-bond donors (Lipinski definition) is 7. The van der Waals surface area contributed by atoms with Crippen molar-refractivity contribution in [3.63, 3.8) is 0 Å². The number of carboxylic acid groups (broad SMARTS) is 2. The molecule has 2 aromatic carbocycles. The summed E-state index contributed by atoms with van der Waals surface area (Å²) in [4.78, 5) is 162. The lowest BCUT2D eigenvalue weighted by Gasteiger charge is -2.29. The fourth-order valence-electron chi connectivity index (χ4n) is 16.5. The van der Waals surface area contributed by atoms with Crippen molar-refractivity contribution in [2.45, 2.75) is 178 Å². The number of fused-ring (bicyclic) bond motifs is 6. The Bertz CT molecular complexity index is 6610. The second kappa shape index (κ2) is 57.6. The molecule has 8 aromatic heterocycles. The monoisotopic (exact) mass is 2510 g/mol. The maximum absolute atomic E-state index is 13.6. The third-order valence-corrected chi connectivity index (χ3v) is 28.3. The molecule has 12 atom stereocenters. The quantitative estimate of drug-likeness (QED) is 0.0268. The Kier molecular flexibility index (Phi) is 49.8. The highest BCUT2D eigenvalue weighted by molar-refractivity contribution is 9.11. The summed E-state index contributed by atoms with van der Waals surface area (Å²) in [5, 5.41) is 40.7. The Morgan fingerprint density at radius 1 is 0.517 bits per heavy atom. The lowest BCUT2D eigenvalue weighted by molar-refractivity contribution is -0.143. The first-order chi connectivity index (χ1) is 67.9. The molecule has 0 spiro atoms. The SMILES string of the molecule is CC(=O)c1nn(CC(=O)N2C[C@@H]3C[C@@H]3[C@H]2C(=O)Nc2nc(Br)ccc2C)c2ccc(-c3cnc(C)nc3)cc12.CC(=O)c1nn(CC(=O)O)c2ccc(-c3cnc(C)nc3)cc12.CC(C)(C)OC(=O)N1C[C@@H]2C[C@@H]2[C@H]1C(=O)Nc1cccc(Br)n1.CC(C)(C)OC(=O)N1C[C@@H]2C[C@@H]2[C@H]1C(=O)O.CC(C)=C(Cl)N(C)C.Cc1ccc(Br)nc1N.Cc1ccc(Br)nc1NC(=O)[C@H]1NC[C@@H]2C[C@@H]21.Cl.Cl.S.S=S.S=S=S.S=S=S=S. The lowest BCUT2D eigenvalue weighted by Crippen LogP contribution is -2.47. The Morgan fingerprint density at radius 2 is 0.905 bits per heavy atom. The topological polar surface area (TPSA) is 455 Å². The average molecular weight is 2520 g/mol. The number of aliphatic carboxylic acids is 2. The van der Waals surface area contributed by atoms with Gasteiger partial charge in [-0.05, 0) is 321 Å². The number of carboxylic acids is 2. The van der Waals surface area contributed by atoms with Crippen LogP contribution in [0.15, 0.2) is 145 Å². The third-order valence-electron chi connectivity index (χ3n) is 23.6. The van der Waals surface area contributed by atoms with Crippen LogP contribution in [0.3, 0.4) is 0 Å². The Labute approximate surface area is 948 Å². The summed E-state index contributed by atoms with van der Waals surface area (Å²) in [6.07, 6.45) is 9.99. The number of aryl methyl sites for hydroxylation is 5. The van der Waals surface area contributed by atoms with Crippen molar-refractivity contribution in [3.05, 3.63) is 185 Å². The van der Waals surface area contributed by atoms with E-state index in [4.69, 9.17) is 37.0 Å². The van der Waals surface area contributed by atoms with Gasteiger partial charge in [-0.2, -0.15) is 23.7 Å². The number of nitrogen functional groups attached to an aromatic ring is 1. The predicted octanol–water partition coefficient (Wildman–Crippen LogP) is 16.8. The van der Waals surface area contributed by atoms with Crippen LogP contribution in [-0.4, -0.2) is 224 Å². The van der Waals surface area contributed by atoms with Crippen molar-refractivity contribution in [1.82, 2.24) is 84.3 Å². The summed E-state index contributed by atoms with van der Waals surface area (Å²) in [7, 11) is 7.11. The van der Waals surface area contributed by atoms with Crippen LogP contribution >= 0.6 is 114 Å². The predicted molar refractivity (Wildman–Crippen MR) is 615 cm³/mol. The number of amides is 6. The number of ketones is 2. The molecule has 0 radical (unpaired) electrons. The van der Waals surface area contributed by atoms with Crippen LogP contribution < -0.4 is 27.0 Å². The van der Waals surface area contributed by atoms with Crippen LogP contribution in [0, 0.1) is 82.0 Å². The van der Waals surface area contributed by atoms with E-state index in [1.54, 1.807) is 91.2 Å². The number of ether oxygens (including phenoxy) is 2. The smallest absolute Gasteiger partial charge is 0.411 e. The molecule has 8 N–H and O–H groups in total. The molecule has 8 fully saturated rings. The van der Waals surface area contributed by atoms with Crippen molar-refractivity contribution in [3.8, 4) is 22.3 Å². The number of anilines is 4. The molecule has 10 aromatic rings. The molecule has 8 aliphatic rings. The molecule has 4 saturated carbocycles. The maximum Gasteiger partial charge on any atom is 0.411 e. The van der Waals surface area contributed by atoms with E-state index >= 15 is 0 Å². The summed E-state index contributed by atoms with van der Waals surface area (Å²) >= 11 is 43.1. The Hall–Kier alpha value is -8.74. The van der Waals surface area contributed by atoms with Gasteiger partial charge >= 0.3 is 24.1 Å². The first kappa shape index (κ1) is 127. The number of Topliss-reactive ketones (excluding diaryl/α,β-unsaturated/α-hetero) is 2. The zero-order valence-electron chi connectivity index (χ0n) is 82.9. The van der Waals surface area contributed by atoms with E-state index in [1.165, 1.54) is 47.6 Å². The number of benzene rings is 2. The minimum Gasteiger partial charge on any atom is -0.480 e. The zero-order chi connectivity index (χ0) is 107. The molecule has 4 saturated heterocycles. The van der Waals surface area contributed by atoms with Crippen LogP contribution in [0.2, 0.25) is 0 Å². The van der Waals surface area contributed by atoms with E-state index in [2.05, 4.69) is 202 Å². The Morgan fingerprint density at radius 3 is 1.27 bits per heavy atom. The fraction of sp³-hybridized carbons (Fsp3) is 0.432. The molecule has 52 heteroatoms. The molecule has 6 amide bonds. The van der Waals surface area contributed by atoms with Crippen molar-refractivity contribution in [2.24, 2.45) is 47.3 Å². The summed E-state index contributed by atoms with van der Waals surface area (Å²) in [6, 6.07) is 25.9.